The zero-order chi connectivity index (χ0) is 10.9. The zero-order valence-electron chi connectivity index (χ0n) is 9.21. The molecule has 0 saturated carbocycles. The summed E-state index contributed by atoms with van der Waals surface area (Å²) in [4.78, 5) is 3.50. The molecular weight excluding hydrogens is 186 g/mol. The maximum Gasteiger partial charge on any atom is 0.223 e. The van der Waals surface area contributed by atoms with Gasteiger partial charge in [0.25, 0.3) is 0 Å². The lowest BCUT2D eigenvalue weighted by molar-refractivity contribution is 0.356. The molecule has 0 fully saturated rings. The van der Waals surface area contributed by atoms with Crippen LogP contribution in [-0.2, 0) is 11.8 Å². The van der Waals surface area contributed by atoms with E-state index in [9.17, 15) is 0 Å². The lowest BCUT2D eigenvalue weighted by Gasteiger charge is -2.19. The molecule has 2 nitrogen and oxygen atoms in total. The van der Waals surface area contributed by atoms with Crippen molar-refractivity contribution in [3.63, 3.8) is 0 Å². The molecule has 1 aliphatic heterocycles. The van der Waals surface area contributed by atoms with Crippen molar-refractivity contribution in [2.45, 2.75) is 25.7 Å². The summed E-state index contributed by atoms with van der Waals surface area (Å²) in [6.07, 6.45) is 0.997. The number of benzene rings is 1. The van der Waals surface area contributed by atoms with Crippen molar-refractivity contribution in [2.75, 3.05) is 13.2 Å². The maximum atomic E-state index is 6.96. The highest BCUT2D eigenvalue weighted by molar-refractivity contribution is 5.42. The third-order valence-electron chi connectivity index (χ3n) is 2.95. The second kappa shape index (κ2) is 3.58. The average molecular weight is 201 g/mol. The summed E-state index contributed by atoms with van der Waals surface area (Å²) in [7, 11) is 0. The van der Waals surface area contributed by atoms with Gasteiger partial charge in [-0.25, -0.2) is 6.57 Å². The Morgan fingerprint density at radius 1 is 1.47 bits per heavy atom. The minimum atomic E-state index is -0.0562. The van der Waals surface area contributed by atoms with E-state index in [1.54, 1.807) is 0 Å². The molecule has 0 N–H and O–H groups in total. The van der Waals surface area contributed by atoms with Crippen molar-refractivity contribution < 1.29 is 4.74 Å². The molecule has 15 heavy (non-hydrogen) atoms. The molecule has 2 rings (SSSR count). The molecule has 1 aromatic rings. The fourth-order valence-corrected chi connectivity index (χ4v) is 1.90. The molecule has 0 aromatic heterocycles. The van der Waals surface area contributed by atoms with Crippen molar-refractivity contribution in [1.82, 2.24) is 0 Å². The molecule has 0 saturated heterocycles. The van der Waals surface area contributed by atoms with Crippen molar-refractivity contribution in [2.24, 2.45) is 0 Å². The van der Waals surface area contributed by atoms with Gasteiger partial charge in [-0.2, -0.15) is 0 Å². The normalized spacial score (nSPS) is 14.2. The van der Waals surface area contributed by atoms with Gasteiger partial charge in [0.05, 0.1) is 12.0 Å². The van der Waals surface area contributed by atoms with Crippen LogP contribution in [0.15, 0.2) is 18.2 Å². The molecule has 0 spiro atoms. The Morgan fingerprint density at radius 3 is 3.00 bits per heavy atom. The molecule has 0 bridgehead atoms. The SMILES string of the molecule is [C-]#[N+]CC(C)(C)c1ccc2c(c1)CCO2. The van der Waals surface area contributed by atoms with E-state index in [4.69, 9.17) is 11.3 Å². The summed E-state index contributed by atoms with van der Waals surface area (Å²) >= 11 is 0. The van der Waals surface area contributed by atoms with E-state index in [0.29, 0.717) is 6.54 Å². The first-order chi connectivity index (χ1) is 7.13. The summed E-state index contributed by atoms with van der Waals surface area (Å²) in [5.41, 5.74) is 2.47. The Balaban J connectivity index is 2.34. The summed E-state index contributed by atoms with van der Waals surface area (Å²) < 4.78 is 5.47. The summed E-state index contributed by atoms with van der Waals surface area (Å²) in [5.74, 6) is 1.01. The van der Waals surface area contributed by atoms with E-state index in [0.717, 1.165) is 18.8 Å². The molecule has 0 radical (unpaired) electrons. The van der Waals surface area contributed by atoms with Crippen LogP contribution in [0.3, 0.4) is 0 Å². The largest absolute Gasteiger partial charge is 0.493 e. The van der Waals surface area contributed by atoms with Crippen LogP contribution in [0.1, 0.15) is 25.0 Å². The smallest absolute Gasteiger partial charge is 0.223 e. The first-order valence-corrected chi connectivity index (χ1v) is 5.23. The lowest BCUT2D eigenvalue weighted by Crippen LogP contribution is -2.20. The second-order valence-corrected chi connectivity index (χ2v) is 4.62. The van der Waals surface area contributed by atoms with Gasteiger partial charge in [0.15, 0.2) is 0 Å². The van der Waals surface area contributed by atoms with Gasteiger partial charge in [0.1, 0.15) is 5.75 Å². The minimum absolute atomic E-state index is 0.0562. The zero-order valence-corrected chi connectivity index (χ0v) is 9.21. The van der Waals surface area contributed by atoms with Crippen LogP contribution in [0.5, 0.6) is 5.75 Å². The van der Waals surface area contributed by atoms with Crippen molar-refractivity contribution in [3.8, 4) is 5.75 Å². The second-order valence-electron chi connectivity index (χ2n) is 4.62. The van der Waals surface area contributed by atoms with Crippen LogP contribution in [0.2, 0.25) is 0 Å². The molecule has 0 amide bonds. The highest BCUT2D eigenvalue weighted by atomic mass is 16.5. The van der Waals surface area contributed by atoms with E-state index in [2.05, 4.69) is 30.8 Å². The summed E-state index contributed by atoms with van der Waals surface area (Å²) in [6.45, 7) is 12.5. The number of fused-ring (bicyclic) bond motifs is 1. The van der Waals surface area contributed by atoms with Crippen LogP contribution in [0.25, 0.3) is 4.85 Å². The van der Waals surface area contributed by atoms with Gasteiger partial charge in [-0.15, -0.1) is 0 Å². The Labute approximate surface area is 90.7 Å². The van der Waals surface area contributed by atoms with Gasteiger partial charge >= 0.3 is 0 Å². The number of ether oxygens (including phenoxy) is 1. The van der Waals surface area contributed by atoms with Gasteiger partial charge in [-0.05, 0) is 31.0 Å². The predicted molar refractivity (Wildman–Crippen MR) is 60.1 cm³/mol. The van der Waals surface area contributed by atoms with Gasteiger partial charge in [-0.1, -0.05) is 12.1 Å². The Bertz CT molecular complexity index is 415. The van der Waals surface area contributed by atoms with Crippen LogP contribution < -0.4 is 4.74 Å². The third kappa shape index (κ3) is 1.83. The molecule has 2 heteroatoms. The lowest BCUT2D eigenvalue weighted by atomic mass is 9.84. The number of rotatable bonds is 2. The van der Waals surface area contributed by atoms with Gasteiger partial charge < -0.3 is 9.58 Å². The number of hydrogen-bond acceptors (Lipinski definition) is 1. The van der Waals surface area contributed by atoms with E-state index >= 15 is 0 Å². The van der Waals surface area contributed by atoms with E-state index < -0.39 is 0 Å². The highest BCUT2D eigenvalue weighted by Gasteiger charge is 2.25. The molecule has 0 atom stereocenters. The first kappa shape index (κ1) is 10.0. The fraction of sp³-hybridized carbons (Fsp3) is 0.462. The van der Waals surface area contributed by atoms with Crippen molar-refractivity contribution in [3.05, 3.63) is 40.7 Å². The monoisotopic (exact) mass is 201 g/mol. The average Bonchev–Trinajstić information content (AvgIpc) is 2.63. The quantitative estimate of drug-likeness (QED) is 0.671. The molecular formula is C13H15NO. The molecule has 0 unspecified atom stereocenters. The van der Waals surface area contributed by atoms with Gasteiger partial charge in [-0.3, -0.25) is 0 Å². The Hall–Kier alpha value is -1.49. The number of nitrogens with zero attached hydrogens (tertiary/aromatic N) is 1. The van der Waals surface area contributed by atoms with Crippen LogP contribution in [-0.4, -0.2) is 13.2 Å². The molecule has 1 aromatic carbocycles. The standard InChI is InChI=1S/C13H15NO/c1-13(2,9-14-3)11-4-5-12-10(8-11)6-7-15-12/h4-5,8H,6-7,9H2,1-2H3. The Kier molecular flexibility index (Phi) is 2.40. The van der Waals surface area contributed by atoms with Crippen molar-refractivity contribution >= 4 is 0 Å². The summed E-state index contributed by atoms with van der Waals surface area (Å²) in [6, 6.07) is 6.30. The van der Waals surface area contributed by atoms with Crippen LogP contribution in [0, 0.1) is 6.57 Å². The van der Waals surface area contributed by atoms with E-state index in [1.165, 1.54) is 11.1 Å². The predicted octanol–water partition coefficient (Wildman–Crippen LogP) is 2.82. The van der Waals surface area contributed by atoms with Crippen LogP contribution >= 0.6 is 0 Å². The van der Waals surface area contributed by atoms with Crippen LogP contribution in [0.4, 0.5) is 0 Å². The number of hydrogen-bond donors (Lipinski definition) is 0. The highest BCUT2D eigenvalue weighted by Crippen LogP contribution is 2.31. The van der Waals surface area contributed by atoms with E-state index in [1.807, 2.05) is 6.07 Å². The molecule has 0 aliphatic carbocycles. The van der Waals surface area contributed by atoms with E-state index in [-0.39, 0.29) is 5.41 Å². The first-order valence-electron chi connectivity index (χ1n) is 5.23. The minimum Gasteiger partial charge on any atom is -0.493 e. The molecule has 1 heterocycles. The van der Waals surface area contributed by atoms with Gasteiger partial charge in [0.2, 0.25) is 6.54 Å². The van der Waals surface area contributed by atoms with Gasteiger partial charge in [0, 0.05) is 6.42 Å². The topological polar surface area (TPSA) is 13.6 Å². The molecule has 78 valence electrons. The maximum absolute atomic E-state index is 6.96. The summed E-state index contributed by atoms with van der Waals surface area (Å²) in [5, 5.41) is 0. The fourth-order valence-electron chi connectivity index (χ4n) is 1.90. The Morgan fingerprint density at radius 2 is 2.27 bits per heavy atom. The third-order valence-corrected chi connectivity index (χ3v) is 2.95. The molecule has 1 aliphatic rings. The van der Waals surface area contributed by atoms with Crippen molar-refractivity contribution in [1.29, 1.82) is 0 Å².